The molecule has 0 amide bonds. The maximum absolute atomic E-state index is 6.45. The SMILES string of the molecule is Cc1nn(C)cc1CN1CCC2(CC1)OCCc1sc(-c3cccc(N)n3)cc12. The van der Waals surface area contributed by atoms with Crippen LogP contribution in [0.15, 0.2) is 30.5 Å². The van der Waals surface area contributed by atoms with Gasteiger partial charge in [-0.15, -0.1) is 11.3 Å². The summed E-state index contributed by atoms with van der Waals surface area (Å²) in [4.78, 5) is 9.69. The largest absolute Gasteiger partial charge is 0.384 e. The highest BCUT2D eigenvalue weighted by atomic mass is 32.1. The highest BCUT2D eigenvalue weighted by molar-refractivity contribution is 7.15. The first-order valence-corrected chi connectivity index (χ1v) is 11.1. The number of aromatic nitrogens is 3. The molecular weight excluding hydrogens is 382 g/mol. The smallest absolute Gasteiger partial charge is 0.124 e. The van der Waals surface area contributed by atoms with E-state index >= 15 is 0 Å². The molecule has 1 spiro atoms. The fourth-order valence-electron chi connectivity index (χ4n) is 4.66. The lowest BCUT2D eigenvalue weighted by atomic mass is 9.82. The Morgan fingerprint density at radius 3 is 2.83 bits per heavy atom. The van der Waals surface area contributed by atoms with Gasteiger partial charge in [0.05, 0.1) is 28.5 Å². The van der Waals surface area contributed by atoms with Crippen LogP contribution in [0.2, 0.25) is 0 Å². The van der Waals surface area contributed by atoms with Gasteiger partial charge in [-0.2, -0.15) is 5.10 Å². The summed E-state index contributed by atoms with van der Waals surface area (Å²) in [6, 6.07) is 8.16. The molecule has 152 valence electrons. The summed E-state index contributed by atoms with van der Waals surface area (Å²) >= 11 is 1.85. The molecule has 2 aliphatic rings. The Morgan fingerprint density at radius 2 is 2.10 bits per heavy atom. The molecule has 5 rings (SSSR count). The van der Waals surface area contributed by atoms with Crippen molar-refractivity contribution in [1.82, 2.24) is 19.7 Å². The highest BCUT2D eigenvalue weighted by Gasteiger charge is 2.42. The van der Waals surface area contributed by atoms with E-state index in [9.17, 15) is 0 Å². The van der Waals surface area contributed by atoms with Gasteiger partial charge in [-0.3, -0.25) is 9.58 Å². The number of nitrogens with two attached hydrogens (primary N) is 1. The maximum atomic E-state index is 6.45. The van der Waals surface area contributed by atoms with Gasteiger partial charge in [0, 0.05) is 49.7 Å². The molecule has 1 saturated heterocycles. The van der Waals surface area contributed by atoms with Gasteiger partial charge in [0.1, 0.15) is 5.82 Å². The Hall–Kier alpha value is -2.22. The average molecular weight is 410 g/mol. The van der Waals surface area contributed by atoms with E-state index in [1.54, 1.807) is 0 Å². The minimum absolute atomic E-state index is 0.150. The second-order valence-electron chi connectivity index (χ2n) is 8.18. The molecule has 0 aliphatic carbocycles. The second-order valence-corrected chi connectivity index (χ2v) is 9.31. The molecule has 0 bridgehead atoms. The van der Waals surface area contributed by atoms with E-state index < -0.39 is 0 Å². The topological polar surface area (TPSA) is 69.2 Å². The number of hydrogen-bond donors (Lipinski definition) is 1. The first kappa shape index (κ1) is 18.8. The van der Waals surface area contributed by atoms with E-state index in [2.05, 4.69) is 34.2 Å². The Labute approximate surface area is 175 Å². The zero-order valence-electron chi connectivity index (χ0n) is 17.0. The first-order chi connectivity index (χ1) is 14.0. The number of piperidine rings is 1. The van der Waals surface area contributed by atoms with Crippen molar-refractivity contribution < 1.29 is 4.74 Å². The number of anilines is 1. The van der Waals surface area contributed by atoms with Gasteiger partial charge < -0.3 is 10.5 Å². The van der Waals surface area contributed by atoms with E-state index in [-0.39, 0.29) is 5.60 Å². The molecule has 2 aliphatic heterocycles. The summed E-state index contributed by atoms with van der Waals surface area (Å²) in [5.74, 6) is 0.568. The van der Waals surface area contributed by atoms with Crippen molar-refractivity contribution in [2.45, 2.75) is 38.3 Å². The van der Waals surface area contributed by atoms with Crippen LogP contribution in [0.3, 0.4) is 0 Å². The maximum Gasteiger partial charge on any atom is 0.124 e. The number of pyridine rings is 1. The van der Waals surface area contributed by atoms with Crippen molar-refractivity contribution in [3.05, 3.63) is 52.2 Å². The molecule has 0 radical (unpaired) electrons. The number of ether oxygens (including phenoxy) is 1. The third kappa shape index (κ3) is 3.47. The summed E-state index contributed by atoms with van der Waals surface area (Å²) in [5, 5.41) is 4.48. The van der Waals surface area contributed by atoms with Crippen LogP contribution in [0.25, 0.3) is 10.6 Å². The third-order valence-electron chi connectivity index (χ3n) is 6.20. The quantitative estimate of drug-likeness (QED) is 0.717. The molecule has 5 heterocycles. The van der Waals surface area contributed by atoms with Gasteiger partial charge in [-0.1, -0.05) is 6.07 Å². The summed E-state index contributed by atoms with van der Waals surface area (Å²) < 4.78 is 8.36. The molecule has 0 saturated carbocycles. The third-order valence-corrected chi connectivity index (χ3v) is 7.42. The van der Waals surface area contributed by atoms with Crippen LogP contribution in [0.5, 0.6) is 0 Å². The fourth-order valence-corrected chi connectivity index (χ4v) is 5.86. The van der Waals surface area contributed by atoms with Crippen molar-refractivity contribution in [2.75, 3.05) is 25.4 Å². The second kappa shape index (κ2) is 7.23. The van der Waals surface area contributed by atoms with Crippen LogP contribution in [-0.4, -0.2) is 39.4 Å². The Morgan fingerprint density at radius 1 is 1.28 bits per heavy atom. The van der Waals surface area contributed by atoms with E-state index in [1.807, 2.05) is 41.3 Å². The predicted octanol–water partition coefficient (Wildman–Crippen LogP) is 3.50. The van der Waals surface area contributed by atoms with Crippen molar-refractivity contribution in [1.29, 1.82) is 0 Å². The van der Waals surface area contributed by atoms with Crippen molar-refractivity contribution >= 4 is 17.2 Å². The summed E-state index contributed by atoms with van der Waals surface area (Å²) in [7, 11) is 1.99. The highest BCUT2D eigenvalue weighted by Crippen LogP contribution is 2.46. The molecule has 29 heavy (non-hydrogen) atoms. The number of thiophene rings is 1. The minimum atomic E-state index is -0.150. The standard InChI is InChI=1S/C22H27N5OS/c1-15-16(13-26(2)25-15)14-27-9-7-22(8-10-27)17-12-20(29-19(17)6-11-28-22)18-4-3-5-21(23)24-18/h3-5,12-13H,6-11,14H2,1-2H3,(H2,23,24). The lowest BCUT2D eigenvalue weighted by molar-refractivity contribution is -0.0980. The molecule has 0 atom stereocenters. The summed E-state index contributed by atoms with van der Waals surface area (Å²) in [5.41, 5.74) is 10.5. The molecule has 3 aromatic heterocycles. The molecule has 1 fully saturated rings. The lowest BCUT2D eigenvalue weighted by Gasteiger charge is -2.44. The monoisotopic (exact) mass is 409 g/mol. The first-order valence-electron chi connectivity index (χ1n) is 10.2. The molecule has 6 nitrogen and oxygen atoms in total. The van der Waals surface area contributed by atoms with Gasteiger partial charge in [-0.25, -0.2) is 4.98 Å². The van der Waals surface area contributed by atoms with Crippen LogP contribution < -0.4 is 5.73 Å². The van der Waals surface area contributed by atoms with E-state index in [0.717, 1.165) is 56.9 Å². The van der Waals surface area contributed by atoms with Crippen LogP contribution in [0.4, 0.5) is 5.82 Å². The van der Waals surface area contributed by atoms with Crippen LogP contribution in [0, 0.1) is 6.92 Å². The zero-order valence-corrected chi connectivity index (χ0v) is 17.8. The number of fused-ring (bicyclic) bond motifs is 2. The number of rotatable bonds is 3. The van der Waals surface area contributed by atoms with Crippen LogP contribution in [0.1, 0.15) is 34.5 Å². The Bertz CT molecular complexity index is 1030. The number of hydrogen-bond acceptors (Lipinski definition) is 6. The van der Waals surface area contributed by atoms with Gasteiger partial charge in [0.25, 0.3) is 0 Å². The molecule has 0 unspecified atom stereocenters. The van der Waals surface area contributed by atoms with Gasteiger partial charge in [-0.05, 0) is 43.5 Å². The zero-order chi connectivity index (χ0) is 20.0. The number of likely N-dealkylation sites (tertiary alicyclic amines) is 1. The number of aryl methyl sites for hydroxylation is 2. The average Bonchev–Trinajstić information content (AvgIpc) is 3.28. The molecule has 7 heteroatoms. The normalized spacial score (nSPS) is 18.8. The summed E-state index contributed by atoms with van der Waals surface area (Å²) in [6.45, 7) is 5.93. The van der Waals surface area contributed by atoms with Gasteiger partial charge in [0.2, 0.25) is 0 Å². The van der Waals surface area contributed by atoms with Crippen molar-refractivity contribution in [3.63, 3.8) is 0 Å². The predicted molar refractivity (Wildman–Crippen MR) is 116 cm³/mol. The molecule has 3 aromatic rings. The van der Waals surface area contributed by atoms with Crippen molar-refractivity contribution in [3.8, 4) is 10.6 Å². The minimum Gasteiger partial charge on any atom is -0.384 e. The molecular formula is C22H27N5OS. The number of nitrogens with zero attached hydrogens (tertiary/aromatic N) is 4. The van der Waals surface area contributed by atoms with E-state index in [1.165, 1.54) is 20.9 Å². The van der Waals surface area contributed by atoms with Crippen LogP contribution in [-0.2, 0) is 30.4 Å². The van der Waals surface area contributed by atoms with E-state index in [0.29, 0.717) is 5.82 Å². The van der Waals surface area contributed by atoms with E-state index in [4.69, 9.17) is 10.5 Å². The Kier molecular flexibility index (Phi) is 4.69. The van der Waals surface area contributed by atoms with Crippen molar-refractivity contribution in [2.24, 2.45) is 7.05 Å². The van der Waals surface area contributed by atoms with Gasteiger partial charge >= 0.3 is 0 Å². The number of nitrogen functional groups attached to an aromatic ring is 1. The molecule has 0 aromatic carbocycles. The summed E-state index contributed by atoms with van der Waals surface area (Å²) in [6.07, 6.45) is 5.18. The Balaban J connectivity index is 1.36. The fraction of sp³-hybridized carbons (Fsp3) is 0.455. The van der Waals surface area contributed by atoms with Gasteiger partial charge in [0.15, 0.2) is 0 Å². The van der Waals surface area contributed by atoms with Crippen LogP contribution >= 0.6 is 11.3 Å². The molecule has 2 N–H and O–H groups in total. The lowest BCUT2D eigenvalue weighted by Crippen LogP contribution is -2.45.